The lowest BCUT2D eigenvalue weighted by molar-refractivity contribution is -0.144. The Balaban J connectivity index is 2.32. The predicted molar refractivity (Wildman–Crippen MR) is 91.1 cm³/mol. The molecule has 0 amide bonds. The summed E-state index contributed by atoms with van der Waals surface area (Å²) in [5.74, 6) is -1.18. The number of hydrogen-bond donors (Lipinski definition) is 1. The summed E-state index contributed by atoms with van der Waals surface area (Å²) in [4.78, 5) is 24.2. The van der Waals surface area contributed by atoms with Crippen LogP contribution in [0.3, 0.4) is 0 Å². The van der Waals surface area contributed by atoms with Crippen LogP contribution in [-0.2, 0) is 14.3 Å². The van der Waals surface area contributed by atoms with E-state index in [2.05, 4.69) is 4.74 Å². The van der Waals surface area contributed by atoms with Crippen molar-refractivity contribution in [1.29, 1.82) is 0 Å². The predicted octanol–water partition coefficient (Wildman–Crippen LogP) is 3.62. The monoisotopic (exact) mass is 372 g/mol. The second-order valence-corrected chi connectivity index (χ2v) is 6.62. The van der Waals surface area contributed by atoms with E-state index in [0.29, 0.717) is 15.0 Å². The van der Waals surface area contributed by atoms with Crippen molar-refractivity contribution in [3.63, 3.8) is 0 Å². The number of methoxy groups -OCH3 is 2. The van der Waals surface area contributed by atoms with Crippen LogP contribution in [0, 0.1) is 5.92 Å². The number of ether oxygens (including phenoxy) is 3. The van der Waals surface area contributed by atoms with Gasteiger partial charge in [-0.05, 0) is 6.07 Å². The van der Waals surface area contributed by atoms with Gasteiger partial charge in [0.1, 0.15) is 0 Å². The molecule has 0 aliphatic rings. The van der Waals surface area contributed by atoms with Crippen LogP contribution in [0.25, 0.3) is 10.1 Å². The molecule has 8 heteroatoms. The van der Waals surface area contributed by atoms with E-state index >= 15 is 0 Å². The van der Waals surface area contributed by atoms with Gasteiger partial charge in [-0.25, -0.2) is 0 Å². The number of phenols is 1. The number of hydrogen-bond acceptors (Lipinski definition) is 7. The minimum absolute atomic E-state index is 0.0378. The number of carbonyl (C=O) groups is 2. The second-order valence-electron chi connectivity index (χ2n) is 5.16. The van der Waals surface area contributed by atoms with Crippen LogP contribution in [0.1, 0.15) is 23.0 Å². The van der Waals surface area contributed by atoms with Crippen molar-refractivity contribution in [2.24, 2.45) is 5.92 Å². The number of rotatable bonds is 7. The fourth-order valence-electron chi connectivity index (χ4n) is 2.14. The number of carbonyl (C=O) groups excluding carboxylic acids is 2. The number of ketones is 1. The van der Waals surface area contributed by atoms with Gasteiger partial charge in [-0.3, -0.25) is 9.59 Å². The van der Waals surface area contributed by atoms with Crippen LogP contribution in [0.15, 0.2) is 12.1 Å². The number of Topliss-reactive ketones (excluding diaryl/α,β-unsaturated/α-hetero) is 1. The highest BCUT2D eigenvalue weighted by Gasteiger charge is 2.22. The molecular weight excluding hydrogens is 356 g/mol. The summed E-state index contributed by atoms with van der Waals surface area (Å²) < 4.78 is 15.4. The maximum atomic E-state index is 12.3. The van der Waals surface area contributed by atoms with Crippen molar-refractivity contribution < 1.29 is 28.9 Å². The van der Waals surface area contributed by atoms with Gasteiger partial charge >= 0.3 is 5.97 Å². The Hall–Kier alpha value is -1.83. The lowest BCUT2D eigenvalue weighted by atomic mass is 10.0. The zero-order valence-corrected chi connectivity index (χ0v) is 15.0. The average Bonchev–Trinajstić information content (AvgIpc) is 3.00. The minimum Gasteiger partial charge on any atom is -0.503 e. The SMILES string of the molecule is COCOc1cc2sc(C(=O)CC(C)C(=O)OC)cc2c(Cl)c1O. The molecule has 0 fully saturated rings. The second kappa shape index (κ2) is 7.83. The number of benzene rings is 1. The zero-order valence-electron chi connectivity index (χ0n) is 13.4. The molecule has 0 saturated carbocycles. The Kier molecular flexibility index (Phi) is 6.04. The highest BCUT2D eigenvalue weighted by atomic mass is 35.5. The standard InChI is InChI=1S/C16H17ClO6S/c1-8(16(20)22-3)4-10(18)13-5-9-12(24-13)6-11(23-7-21-2)15(19)14(9)17/h5-6,8,19H,4,7H2,1-3H3. The smallest absolute Gasteiger partial charge is 0.308 e. The maximum Gasteiger partial charge on any atom is 0.308 e. The van der Waals surface area contributed by atoms with E-state index in [1.54, 1.807) is 19.1 Å². The Morgan fingerprint density at radius 3 is 2.67 bits per heavy atom. The molecule has 2 aromatic rings. The lowest BCUT2D eigenvalue weighted by Gasteiger charge is -2.08. The molecule has 130 valence electrons. The molecule has 0 aliphatic carbocycles. The molecule has 1 atom stereocenters. The molecule has 1 N–H and O–H groups in total. The molecule has 0 aliphatic heterocycles. The number of esters is 1. The van der Waals surface area contributed by atoms with Crippen molar-refractivity contribution in [3.05, 3.63) is 22.0 Å². The van der Waals surface area contributed by atoms with E-state index in [1.807, 2.05) is 0 Å². The Morgan fingerprint density at radius 1 is 1.33 bits per heavy atom. The molecule has 24 heavy (non-hydrogen) atoms. The van der Waals surface area contributed by atoms with Gasteiger partial charge in [0.05, 0.1) is 22.9 Å². The summed E-state index contributed by atoms with van der Waals surface area (Å²) >= 11 is 7.38. The van der Waals surface area contributed by atoms with Crippen LogP contribution in [0.5, 0.6) is 11.5 Å². The normalized spacial score (nSPS) is 12.2. The van der Waals surface area contributed by atoms with Crippen LogP contribution < -0.4 is 4.74 Å². The van der Waals surface area contributed by atoms with Crippen LogP contribution in [-0.4, -0.2) is 37.9 Å². The molecule has 0 bridgehead atoms. The molecule has 0 spiro atoms. The molecule has 2 rings (SSSR count). The van der Waals surface area contributed by atoms with E-state index in [1.165, 1.54) is 25.6 Å². The molecule has 1 aromatic carbocycles. The molecule has 1 unspecified atom stereocenters. The topological polar surface area (TPSA) is 82.1 Å². The van der Waals surface area contributed by atoms with Gasteiger partial charge in [0.25, 0.3) is 0 Å². The molecule has 1 heterocycles. The lowest BCUT2D eigenvalue weighted by Crippen LogP contribution is -2.16. The van der Waals surface area contributed by atoms with Crippen molar-refractivity contribution in [1.82, 2.24) is 0 Å². The number of aromatic hydroxyl groups is 1. The van der Waals surface area contributed by atoms with Crippen molar-refractivity contribution in [2.45, 2.75) is 13.3 Å². The molecule has 0 radical (unpaired) electrons. The first-order valence-electron chi connectivity index (χ1n) is 7.06. The highest BCUT2D eigenvalue weighted by molar-refractivity contribution is 7.21. The highest BCUT2D eigenvalue weighted by Crippen LogP contribution is 2.43. The number of fused-ring (bicyclic) bond motifs is 1. The van der Waals surface area contributed by atoms with Crippen LogP contribution in [0.2, 0.25) is 5.02 Å². The van der Waals surface area contributed by atoms with E-state index < -0.39 is 11.9 Å². The fraction of sp³-hybridized carbons (Fsp3) is 0.375. The first kappa shape index (κ1) is 18.5. The first-order chi connectivity index (χ1) is 11.4. The van der Waals surface area contributed by atoms with E-state index in [0.717, 1.165) is 0 Å². The van der Waals surface area contributed by atoms with E-state index in [4.69, 9.17) is 21.1 Å². The molecule has 1 aromatic heterocycles. The molecule has 0 saturated heterocycles. The van der Waals surface area contributed by atoms with Crippen molar-refractivity contribution in [3.8, 4) is 11.5 Å². The fourth-order valence-corrected chi connectivity index (χ4v) is 3.49. The van der Waals surface area contributed by atoms with Gasteiger partial charge in [-0.15, -0.1) is 11.3 Å². The summed E-state index contributed by atoms with van der Waals surface area (Å²) in [6.07, 6.45) is 0.0378. The number of halogens is 1. The summed E-state index contributed by atoms with van der Waals surface area (Å²) in [7, 11) is 2.74. The Morgan fingerprint density at radius 2 is 2.04 bits per heavy atom. The number of thiophene rings is 1. The van der Waals surface area contributed by atoms with Gasteiger partial charge < -0.3 is 19.3 Å². The summed E-state index contributed by atoms with van der Waals surface area (Å²) in [5, 5.41) is 10.7. The van der Waals surface area contributed by atoms with Crippen LogP contribution >= 0.6 is 22.9 Å². The maximum absolute atomic E-state index is 12.3. The minimum atomic E-state index is -0.530. The van der Waals surface area contributed by atoms with Crippen LogP contribution in [0.4, 0.5) is 0 Å². The van der Waals surface area contributed by atoms with Gasteiger partial charge in [0.15, 0.2) is 24.1 Å². The quantitative estimate of drug-likeness (QED) is 0.454. The zero-order chi connectivity index (χ0) is 17.9. The molecular formula is C16H17ClO6S. The molecule has 6 nitrogen and oxygen atoms in total. The summed E-state index contributed by atoms with van der Waals surface area (Å²) in [5.41, 5.74) is 0. The third-order valence-corrected chi connectivity index (χ3v) is 4.91. The van der Waals surface area contributed by atoms with Gasteiger partial charge in [-0.1, -0.05) is 18.5 Å². The Bertz CT molecular complexity index is 770. The van der Waals surface area contributed by atoms with Gasteiger partial charge in [-0.2, -0.15) is 0 Å². The third kappa shape index (κ3) is 3.80. The average molecular weight is 373 g/mol. The number of phenolic OH excluding ortho intramolecular Hbond substituents is 1. The largest absolute Gasteiger partial charge is 0.503 e. The Labute approximate surface area is 147 Å². The first-order valence-corrected chi connectivity index (χ1v) is 8.26. The van der Waals surface area contributed by atoms with Crippen molar-refractivity contribution >= 4 is 44.8 Å². The van der Waals surface area contributed by atoms with E-state index in [9.17, 15) is 14.7 Å². The third-order valence-electron chi connectivity index (χ3n) is 3.40. The van der Waals surface area contributed by atoms with Crippen molar-refractivity contribution in [2.75, 3.05) is 21.0 Å². The summed E-state index contributed by atoms with van der Waals surface area (Å²) in [6.45, 7) is 1.59. The van der Waals surface area contributed by atoms with E-state index in [-0.39, 0.29) is 35.5 Å². The van der Waals surface area contributed by atoms with Gasteiger partial charge in [0.2, 0.25) is 0 Å². The summed E-state index contributed by atoms with van der Waals surface area (Å²) in [6, 6.07) is 3.20. The van der Waals surface area contributed by atoms with Gasteiger partial charge in [0, 0.05) is 29.7 Å².